The molecule has 0 spiro atoms. The van der Waals surface area contributed by atoms with Crippen molar-refractivity contribution in [2.75, 3.05) is 25.5 Å². The number of methoxy groups -OCH3 is 1. The van der Waals surface area contributed by atoms with Gasteiger partial charge in [0.05, 0.1) is 19.2 Å². The highest BCUT2D eigenvalue weighted by atomic mass is 16.5. The monoisotopic (exact) mass is 304 g/mol. The summed E-state index contributed by atoms with van der Waals surface area (Å²) < 4.78 is 4.72. The highest BCUT2D eigenvalue weighted by Gasteiger charge is 2.22. The first-order valence-electron chi connectivity index (χ1n) is 7.75. The SMILES string of the molecule is COC(=O)c1ccc(C)c(NCC(=O)N2CCCCC2C)c1. The lowest BCUT2D eigenvalue weighted by Crippen LogP contribution is -2.44. The van der Waals surface area contributed by atoms with E-state index in [1.54, 1.807) is 12.1 Å². The molecular weight excluding hydrogens is 280 g/mol. The topological polar surface area (TPSA) is 58.6 Å². The molecule has 0 radical (unpaired) electrons. The number of ether oxygens (including phenoxy) is 1. The van der Waals surface area contributed by atoms with Crippen LogP contribution in [0.5, 0.6) is 0 Å². The normalized spacial score (nSPS) is 18.0. The van der Waals surface area contributed by atoms with Gasteiger partial charge in [0.2, 0.25) is 5.91 Å². The number of likely N-dealkylation sites (tertiary alicyclic amines) is 1. The Bertz CT molecular complexity index is 557. The van der Waals surface area contributed by atoms with Crippen LogP contribution in [0.15, 0.2) is 18.2 Å². The van der Waals surface area contributed by atoms with Crippen LogP contribution in [-0.4, -0.2) is 43.0 Å². The number of nitrogens with one attached hydrogen (secondary N) is 1. The van der Waals surface area contributed by atoms with Crippen molar-refractivity contribution in [3.05, 3.63) is 29.3 Å². The number of benzene rings is 1. The van der Waals surface area contributed by atoms with E-state index in [0.29, 0.717) is 11.6 Å². The standard InChI is InChI=1S/C17H24N2O3/c1-12-7-8-14(17(21)22-3)10-15(12)18-11-16(20)19-9-5-4-6-13(19)2/h7-8,10,13,18H,4-6,9,11H2,1-3H3. The Balaban J connectivity index is 2.01. The molecule has 5 heteroatoms. The fourth-order valence-corrected chi connectivity index (χ4v) is 2.80. The lowest BCUT2D eigenvalue weighted by Gasteiger charge is -2.33. The van der Waals surface area contributed by atoms with E-state index in [9.17, 15) is 9.59 Å². The molecule has 1 aliphatic rings. The number of piperidine rings is 1. The Morgan fingerprint density at radius 2 is 2.14 bits per heavy atom. The van der Waals surface area contributed by atoms with E-state index in [2.05, 4.69) is 12.2 Å². The zero-order chi connectivity index (χ0) is 16.1. The third-order valence-electron chi connectivity index (χ3n) is 4.21. The van der Waals surface area contributed by atoms with Gasteiger partial charge < -0.3 is 15.0 Å². The Hall–Kier alpha value is -2.04. The van der Waals surface area contributed by atoms with E-state index in [-0.39, 0.29) is 18.4 Å². The number of esters is 1. The molecule has 1 unspecified atom stereocenters. The van der Waals surface area contributed by atoms with Gasteiger partial charge in [0.15, 0.2) is 0 Å². The third kappa shape index (κ3) is 3.78. The van der Waals surface area contributed by atoms with Crippen molar-refractivity contribution in [3.63, 3.8) is 0 Å². The van der Waals surface area contributed by atoms with Gasteiger partial charge in [-0.25, -0.2) is 4.79 Å². The van der Waals surface area contributed by atoms with Gasteiger partial charge in [-0.05, 0) is 50.8 Å². The van der Waals surface area contributed by atoms with Crippen LogP contribution in [0.2, 0.25) is 0 Å². The number of amides is 1. The number of nitrogens with zero attached hydrogens (tertiary/aromatic N) is 1. The molecule has 0 aromatic heterocycles. The van der Waals surface area contributed by atoms with Crippen molar-refractivity contribution in [2.24, 2.45) is 0 Å². The summed E-state index contributed by atoms with van der Waals surface area (Å²) in [6.45, 7) is 5.12. The number of aryl methyl sites for hydroxylation is 1. The minimum atomic E-state index is -0.376. The second-order valence-electron chi connectivity index (χ2n) is 5.81. The zero-order valence-electron chi connectivity index (χ0n) is 13.5. The van der Waals surface area contributed by atoms with Gasteiger partial charge in [-0.1, -0.05) is 6.07 Å². The molecule has 0 bridgehead atoms. The van der Waals surface area contributed by atoms with Gasteiger partial charge in [0, 0.05) is 18.3 Å². The van der Waals surface area contributed by atoms with E-state index < -0.39 is 0 Å². The number of rotatable bonds is 4. The first-order valence-corrected chi connectivity index (χ1v) is 7.75. The predicted octanol–water partition coefficient (Wildman–Crippen LogP) is 2.59. The average molecular weight is 304 g/mol. The molecule has 0 saturated carbocycles. The molecule has 1 heterocycles. The fraction of sp³-hybridized carbons (Fsp3) is 0.529. The molecule has 1 fully saturated rings. The maximum Gasteiger partial charge on any atom is 0.337 e. The summed E-state index contributed by atoms with van der Waals surface area (Å²) in [5.41, 5.74) is 2.27. The molecule has 1 saturated heterocycles. The Labute approximate surface area is 131 Å². The molecule has 2 rings (SSSR count). The largest absolute Gasteiger partial charge is 0.465 e. The Kier molecular flexibility index (Phi) is 5.41. The number of hydrogen-bond acceptors (Lipinski definition) is 4. The number of carbonyl (C=O) groups excluding carboxylic acids is 2. The van der Waals surface area contributed by atoms with Gasteiger partial charge in [0.25, 0.3) is 0 Å². The molecule has 120 valence electrons. The van der Waals surface area contributed by atoms with E-state index >= 15 is 0 Å². The molecule has 0 aliphatic carbocycles. The third-order valence-corrected chi connectivity index (χ3v) is 4.21. The molecule has 1 N–H and O–H groups in total. The summed E-state index contributed by atoms with van der Waals surface area (Å²) in [6.07, 6.45) is 3.34. The first kappa shape index (κ1) is 16.3. The molecule has 1 aromatic rings. The van der Waals surface area contributed by atoms with Crippen molar-refractivity contribution in [3.8, 4) is 0 Å². The predicted molar refractivity (Wildman–Crippen MR) is 86.0 cm³/mol. The quantitative estimate of drug-likeness (QED) is 0.869. The van der Waals surface area contributed by atoms with E-state index in [1.165, 1.54) is 13.5 Å². The maximum absolute atomic E-state index is 12.3. The highest BCUT2D eigenvalue weighted by molar-refractivity contribution is 5.91. The van der Waals surface area contributed by atoms with Crippen molar-refractivity contribution >= 4 is 17.6 Å². The van der Waals surface area contributed by atoms with Gasteiger partial charge in [-0.3, -0.25) is 4.79 Å². The Morgan fingerprint density at radius 1 is 1.36 bits per heavy atom. The van der Waals surface area contributed by atoms with Crippen LogP contribution < -0.4 is 5.32 Å². The van der Waals surface area contributed by atoms with Crippen LogP contribution in [0.25, 0.3) is 0 Å². The number of anilines is 1. The van der Waals surface area contributed by atoms with Crippen LogP contribution in [0.3, 0.4) is 0 Å². The zero-order valence-corrected chi connectivity index (χ0v) is 13.5. The molecule has 1 atom stereocenters. The van der Waals surface area contributed by atoms with Gasteiger partial charge in [-0.2, -0.15) is 0 Å². The van der Waals surface area contributed by atoms with Crippen LogP contribution in [-0.2, 0) is 9.53 Å². The van der Waals surface area contributed by atoms with Crippen LogP contribution in [0.4, 0.5) is 5.69 Å². The molecular formula is C17H24N2O3. The molecule has 22 heavy (non-hydrogen) atoms. The number of hydrogen-bond donors (Lipinski definition) is 1. The molecule has 5 nitrogen and oxygen atoms in total. The van der Waals surface area contributed by atoms with Crippen molar-refractivity contribution < 1.29 is 14.3 Å². The fourth-order valence-electron chi connectivity index (χ4n) is 2.80. The van der Waals surface area contributed by atoms with Crippen LogP contribution >= 0.6 is 0 Å². The lowest BCUT2D eigenvalue weighted by molar-refractivity contribution is -0.132. The highest BCUT2D eigenvalue weighted by Crippen LogP contribution is 2.19. The van der Waals surface area contributed by atoms with E-state index in [4.69, 9.17) is 4.74 Å². The molecule has 1 aromatic carbocycles. The van der Waals surface area contributed by atoms with Gasteiger partial charge >= 0.3 is 5.97 Å². The smallest absolute Gasteiger partial charge is 0.337 e. The minimum absolute atomic E-state index is 0.107. The summed E-state index contributed by atoms with van der Waals surface area (Å²) in [6, 6.07) is 5.61. The Morgan fingerprint density at radius 3 is 2.82 bits per heavy atom. The van der Waals surface area contributed by atoms with Gasteiger partial charge in [0.1, 0.15) is 0 Å². The van der Waals surface area contributed by atoms with E-state index in [1.807, 2.05) is 17.9 Å². The summed E-state index contributed by atoms with van der Waals surface area (Å²) in [7, 11) is 1.36. The van der Waals surface area contributed by atoms with Crippen LogP contribution in [0.1, 0.15) is 42.1 Å². The van der Waals surface area contributed by atoms with Gasteiger partial charge in [-0.15, -0.1) is 0 Å². The first-order chi connectivity index (χ1) is 10.5. The summed E-state index contributed by atoms with van der Waals surface area (Å²) >= 11 is 0. The summed E-state index contributed by atoms with van der Waals surface area (Å²) in [5.74, 6) is -0.269. The van der Waals surface area contributed by atoms with Crippen LogP contribution in [0, 0.1) is 6.92 Å². The van der Waals surface area contributed by atoms with E-state index in [0.717, 1.165) is 30.6 Å². The van der Waals surface area contributed by atoms with Crippen molar-refractivity contribution in [2.45, 2.75) is 39.2 Å². The summed E-state index contributed by atoms with van der Waals surface area (Å²) in [4.78, 5) is 25.9. The second kappa shape index (κ2) is 7.29. The minimum Gasteiger partial charge on any atom is -0.465 e. The van der Waals surface area contributed by atoms with Crippen molar-refractivity contribution in [1.82, 2.24) is 4.90 Å². The lowest BCUT2D eigenvalue weighted by atomic mass is 10.0. The average Bonchev–Trinajstić information content (AvgIpc) is 2.53. The second-order valence-corrected chi connectivity index (χ2v) is 5.81. The number of carbonyl (C=O) groups is 2. The maximum atomic E-state index is 12.3. The summed E-state index contributed by atoms with van der Waals surface area (Å²) in [5, 5.41) is 3.15. The van der Waals surface area contributed by atoms with Crippen molar-refractivity contribution in [1.29, 1.82) is 0 Å². The molecule has 1 aliphatic heterocycles. The molecule has 1 amide bonds.